The van der Waals surface area contributed by atoms with Crippen molar-refractivity contribution in [3.63, 3.8) is 0 Å². The number of anilines is 1. The summed E-state index contributed by atoms with van der Waals surface area (Å²) in [5, 5.41) is 3.52. The molecule has 236 valence electrons. The van der Waals surface area contributed by atoms with Crippen molar-refractivity contribution < 1.29 is 31.2 Å². The summed E-state index contributed by atoms with van der Waals surface area (Å²) in [5.41, 5.74) is -0.238. The summed E-state index contributed by atoms with van der Waals surface area (Å²) < 4.78 is 69.4. The van der Waals surface area contributed by atoms with Gasteiger partial charge in [0.15, 0.2) is 0 Å². The molecule has 1 atom stereocenters. The molecule has 4 rings (SSSR count). The molecule has 3 aromatic rings. The van der Waals surface area contributed by atoms with Gasteiger partial charge in [-0.15, -0.1) is 0 Å². The van der Waals surface area contributed by atoms with Crippen LogP contribution in [-0.4, -0.2) is 43.8 Å². The first kappa shape index (κ1) is 33.6. The molecule has 0 bridgehead atoms. The van der Waals surface area contributed by atoms with Crippen molar-refractivity contribution in [2.24, 2.45) is 0 Å². The van der Waals surface area contributed by atoms with Gasteiger partial charge in [-0.2, -0.15) is 13.2 Å². The quantitative estimate of drug-likeness (QED) is 0.252. The zero-order valence-electron chi connectivity index (χ0n) is 24.1. The Morgan fingerprint density at radius 3 is 2.27 bits per heavy atom. The summed E-state index contributed by atoms with van der Waals surface area (Å²) in [6, 6.07) is 13.0. The minimum atomic E-state index is -4.76. The van der Waals surface area contributed by atoms with Crippen LogP contribution in [0, 0.1) is 6.92 Å². The van der Waals surface area contributed by atoms with Gasteiger partial charge >= 0.3 is 6.18 Å². The second-order valence-corrected chi connectivity index (χ2v) is 13.5. The molecule has 0 aromatic heterocycles. The zero-order valence-corrected chi connectivity index (χ0v) is 26.4. The number of hydrogen-bond acceptors (Lipinski definition) is 4. The summed E-state index contributed by atoms with van der Waals surface area (Å²) in [6.45, 7) is 2.19. The van der Waals surface area contributed by atoms with Crippen LogP contribution in [-0.2, 0) is 32.3 Å². The number of nitrogens with one attached hydrogen (secondary N) is 1. The molecule has 0 radical (unpaired) electrons. The lowest BCUT2D eigenvalue weighted by molar-refractivity contribution is -0.139. The number of halogens is 5. The molecular formula is C31H32Cl2F3N3O4S. The molecule has 0 spiro atoms. The predicted molar refractivity (Wildman–Crippen MR) is 164 cm³/mol. The number of amides is 2. The first-order chi connectivity index (χ1) is 20.7. The first-order valence-electron chi connectivity index (χ1n) is 14.0. The highest BCUT2D eigenvalue weighted by Gasteiger charge is 2.36. The highest BCUT2D eigenvalue weighted by Crippen LogP contribution is 2.34. The second kappa shape index (κ2) is 13.8. The molecule has 0 aliphatic heterocycles. The van der Waals surface area contributed by atoms with Crippen molar-refractivity contribution in [2.45, 2.75) is 69.2 Å². The van der Waals surface area contributed by atoms with Crippen LogP contribution in [0.25, 0.3) is 0 Å². The number of aryl methyl sites for hydroxylation is 1. The molecule has 1 fully saturated rings. The predicted octanol–water partition coefficient (Wildman–Crippen LogP) is 6.99. The van der Waals surface area contributed by atoms with Crippen LogP contribution in [0.4, 0.5) is 18.9 Å². The Morgan fingerprint density at radius 1 is 1.00 bits per heavy atom. The smallest absolute Gasteiger partial charge is 0.352 e. The minimum Gasteiger partial charge on any atom is -0.352 e. The fraction of sp³-hybridized carbons (Fsp3) is 0.355. The van der Waals surface area contributed by atoms with Crippen LogP contribution in [0.2, 0.25) is 10.0 Å². The van der Waals surface area contributed by atoms with Crippen molar-refractivity contribution in [3.8, 4) is 0 Å². The van der Waals surface area contributed by atoms with E-state index >= 15 is 0 Å². The fourth-order valence-electron chi connectivity index (χ4n) is 5.01. The zero-order chi connectivity index (χ0) is 32.2. The Hall–Kier alpha value is -3.28. The van der Waals surface area contributed by atoms with E-state index < -0.39 is 46.2 Å². The number of alkyl halides is 3. The van der Waals surface area contributed by atoms with Crippen molar-refractivity contribution in [1.29, 1.82) is 0 Å². The lowest BCUT2D eigenvalue weighted by Crippen LogP contribution is -2.52. The Balaban J connectivity index is 1.75. The number of sulfonamides is 1. The molecule has 3 aromatic carbocycles. The topological polar surface area (TPSA) is 86.8 Å². The van der Waals surface area contributed by atoms with E-state index in [1.54, 1.807) is 31.2 Å². The maximum atomic E-state index is 14.1. The molecule has 44 heavy (non-hydrogen) atoms. The summed E-state index contributed by atoms with van der Waals surface area (Å²) in [6.07, 6.45) is -1.24. The van der Waals surface area contributed by atoms with E-state index in [1.807, 2.05) is 0 Å². The van der Waals surface area contributed by atoms with Gasteiger partial charge in [0.25, 0.3) is 10.0 Å². The van der Waals surface area contributed by atoms with E-state index in [0.717, 1.165) is 43.4 Å². The molecular weight excluding hydrogens is 638 g/mol. The third-order valence-corrected chi connectivity index (χ3v) is 9.95. The van der Waals surface area contributed by atoms with Crippen LogP contribution in [0.15, 0.2) is 71.6 Å². The van der Waals surface area contributed by atoms with Gasteiger partial charge in [0.05, 0.1) is 16.1 Å². The van der Waals surface area contributed by atoms with Gasteiger partial charge in [0.1, 0.15) is 12.6 Å². The van der Waals surface area contributed by atoms with Crippen LogP contribution >= 0.6 is 23.2 Å². The fourth-order valence-corrected chi connectivity index (χ4v) is 6.89. The molecule has 1 aliphatic carbocycles. The molecule has 1 N–H and O–H groups in total. The van der Waals surface area contributed by atoms with Crippen LogP contribution in [0.3, 0.4) is 0 Å². The van der Waals surface area contributed by atoms with E-state index in [1.165, 1.54) is 36.1 Å². The number of carbonyl (C=O) groups excluding carboxylic acids is 2. The van der Waals surface area contributed by atoms with E-state index in [4.69, 9.17) is 23.2 Å². The van der Waals surface area contributed by atoms with Crippen molar-refractivity contribution >= 4 is 50.7 Å². The maximum Gasteiger partial charge on any atom is 0.416 e. The number of rotatable bonds is 10. The van der Waals surface area contributed by atoms with E-state index in [2.05, 4.69) is 5.32 Å². The third kappa shape index (κ3) is 8.05. The van der Waals surface area contributed by atoms with Crippen LogP contribution in [0.5, 0.6) is 0 Å². The van der Waals surface area contributed by atoms with Crippen LogP contribution < -0.4 is 9.62 Å². The summed E-state index contributed by atoms with van der Waals surface area (Å²) in [7, 11) is -4.54. The Kier molecular flexibility index (Phi) is 10.5. The SMILES string of the molecule is Cc1ccc(S(=O)(=O)N(CC(=O)N(Cc2ccc(Cl)cc2Cl)[C@@H](C)C(=O)NC2CCCC2)c2cccc(C(F)(F)F)c2)cc1. The lowest BCUT2D eigenvalue weighted by Gasteiger charge is -2.33. The molecule has 7 nitrogen and oxygen atoms in total. The van der Waals surface area contributed by atoms with E-state index in [-0.39, 0.29) is 28.2 Å². The molecule has 0 heterocycles. The first-order valence-corrected chi connectivity index (χ1v) is 16.2. The molecule has 0 saturated heterocycles. The number of nitrogens with zero attached hydrogens (tertiary/aromatic N) is 2. The molecule has 0 unspecified atom stereocenters. The van der Waals surface area contributed by atoms with Gasteiger partial charge in [0.2, 0.25) is 11.8 Å². The molecule has 13 heteroatoms. The second-order valence-electron chi connectivity index (χ2n) is 10.8. The molecule has 2 amide bonds. The van der Waals surface area contributed by atoms with Crippen molar-refractivity contribution in [3.05, 3.63) is 93.5 Å². The average Bonchev–Trinajstić information content (AvgIpc) is 3.48. The van der Waals surface area contributed by atoms with Crippen molar-refractivity contribution in [1.82, 2.24) is 10.2 Å². The highest BCUT2D eigenvalue weighted by molar-refractivity contribution is 7.92. The minimum absolute atomic E-state index is 0.0513. The Labute approximate surface area is 265 Å². The normalized spacial score (nSPS) is 14.7. The maximum absolute atomic E-state index is 14.1. The third-order valence-electron chi connectivity index (χ3n) is 7.57. The van der Waals surface area contributed by atoms with E-state index in [9.17, 15) is 31.2 Å². The number of hydrogen-bond donors (Lipinski definition) is 1. The largest absolute Gasteiger partial charge is 0.416 e. The Morgan fingerprint density at radius 2 is 1.66 bits per heavy atom. The van der Waals surface area contributed by atoms with Gasteiger partial charge in [-0.3, -0.25) is 13.9 Å². The van der Waals surface area contributed by atoms with Gasteiger partial charge in [0, 0.05) is 22.6 Å². The molecule has 1 aliphatic rings. The average molecular weight is 671 g/mol. The Bertz CT molecular complexity index is 1610. The molecule has 1 saturated carbocycles. The van der Waals surface area contributed by atoms with E-state index in [0.29, 0.717) is 21.0 Å². The summed E-state index contributed by atoms with van der Waals surface area (Å²) in [5.74, 6) is -1.26. The number of benzene rings is 3. The highest BCUT2D eigenvalue weighted by atomic mass is 35.5. The van der Waals surface area contributed by atoms with Crippen LogP contribution in [0.1, 0.15) is 49.3 Å². The standard InChI is InChI=1S/C31H32Cl2F3N3O4S/c1-20-10-14-27(15-11-20)44(42,43)39(26-9-5-6-23(16-26)31(34,35)36)19-29(40)38(18-22-12-13-24(32)17-28(22)33)21(2)30(41)37-25-7-3-4-8-25/h5-6,9-17,21,25H,3-4,7-8,18-19H2,1-2H3,(H,37,41)/t21-/m0/s1. The van der Waals surface area contributed by atoms with Gasteiger partial charge in [-0.25, -0.2) is 8.42 Å². The van der Waals surface area contributed by atoms with Crippen molar-refractivity contribution in [2.75, 3.05) is 10.8 Å². The van der Waals surface area contributed by atoms with Gasteiger partial charge < -0.3 is 10.2 Å². The lowest BCUT2D eigenvalue weighted by atomic mass is 10.1. The summed E-state index contributed by atoms with van der Waals surface area (Å²) >= 11 is 12.4. The van der Waals surface area contributed by atoms with Gasteiger partial charge in [-0.05, 0) is 74.7 Å². The summed E-state index contributed by atoms with van der Waals surface area (Å²) in [4.78, 5) is 28.3. The van der Waals surface area contributed by atoms with Gasteiger partial charge in [-0.1, -0.05) is 65.9 Å². The number of carbonyl (C=O) groups is 2. The monoisotopic (exact) mass is 669 g/mol.